The van der Waals surface area contributed by atoms with Gasteiger partial charge in [0.05, 0.1) is 17.1 Å². The summed E-state index contributed by atoms with van der Waals surface area (Å²) in [5, 5.41) is 5.75. The van der Waals surface area contributed by atoms with Crippen LogP contribution in [-0.2, 0) is 17.6 Å². The molecule has 1 heterocycles. The molecule has 4 rings (SSSR count). The second-order valence-electron chi connectivity index (χ2n) is 9.56. The van der Waals surface area contributed by atoms with E-state index in [-0.39, 0.29) is 23.5 Å². The van der Waals surface area contributed by atoms with Gasteiger partial charge in [-0.1, -0.05) is 43.3 Å². The molecule has 9 nitrogen and oxygen atoms in total. The van der Waals surface area contributed by atoms with Crippen molar-refractivity contribution >= 4 is 47.2 Å². The number of benzene rings is 3. The first kappa shape index (κ1) is 31.4. The van der Waals surface area contributed by atoms with Gasteiger partial charge < -0.3 is 21.1 Å². The van der Waals surface area contributed by atoms with Crippen molar-refractivity contribution in [1.82, 2.24) is 10.6 Å². The average Bonchev–Trinajstić information content (AvgIpc) is 3.32. The van der Waals surface area contributed by atoms with Crippen LogP contribution < -0.4 is 26.0 Å². The highest BCUT2D eigenvalue weighted by molar-refractivity contribution is 8.01. The fourth-order valence-corrected chi connectivity index (χ4v) is 5.29. The third-order valence-corrected chi connectivity index (χ3v) is 7.48. The molecule has 1 atom stereocenters. The molecular formula is C30H31F3N6O3S. The molecule has 0 bridgehead atoms. The number of nitrogens with zero attached hydrogens (tertiary/aromatic N) is 3. The van der Waals surface area contributed by atoms with Crippen LogP contribution in [0.3, 0.4) is 0 Å². The van der Waals surface area contributed by atoms with Crippen LogP contribution in [0.5, 0.6) is 5.75 Å². The Morgan fingerprint density at radius 1 is 1.14 bits per heavy atom. The van der Waals surface area contributed by atoms with Gasteiger partial charge in [-0.2, -0.15) is 0 Å². The Kier molecular flexibility index (Phi) is 10.3. The van der Waals surface area contributed by atoms with E-state index in [1.54, 1.807) is 17.0 Å². The van der Waals surface area contributed by atoms with Crippen molar-refractivity contribution in [2.24, 2.45) is 15.7 Å². The maximum Gasteiger partial charge on any atom is 0.573 e. The highest BCUT2D eigenvalue weighted by Gasteiger charge is 2.35. The van der Waals surface area contributed by atoms with Crippen molar-refractivity contribution in [2.75, 3.05) is 17.2 Å². The van der Waals surface area contributed by atoms with Gasteiger partial charge in [0, 0.05) is 12.1 Å². The molecule has 1 aliphatic heterocycles. The smallest absolute Gasteiger partial charge is 0.406 e. The number of hydrogen-bond donors (Lipinski definition) is 3. The summed E-state index contributed by atoms with van der Waals surface area (Å²) in [6.45, 7) is 4.38. The third-order valence-electron chi connectivity index (χ3n) is 6.43. The van der Waals surface area contributed by atoms with Crippen LogP contribution in [0.4, 0.5) is 29.3 Å². The summed E-state index contributed by atoms with van der Waals surface area (Å²) in [5.41, 5.74) is 10.4. The number of aliphatic imine (C=N–C) groups is 2. The van der Waals surface area contributed by atoms with Crippen LogP contribution in [0.1, 0.15) is 29.2 Å². The Morgan fingerprint density at radius 2 is 1.86 bits per heavy atom. The van der Waals surface area contributed by atoms with E-state index in [0.717, 1.165) is 40.9 Å². The lowest BCUT2D eigenvalue weighted by atomic mass is 10.1. The number of halogens is 3. The summed E-state index contributed by atoms with van der Waals surface area (Å²) in [4.78, 5) is 35.1. The third kappa shape index (κ3) is 8.98. The van der Waals surface area contributed by atoms with Crippen molar-refractivity contribution in [1.29, 1.82) is 0 Å². The topological polar surface area (TPSA) is 121 Å². The number of nitrogens with one attached hydrogen (secondary N) is 2. The number of nitrogens with two attached hydrogens (primary N) is 1. The molecule has 0 radical (unpaired) electrons. The Morgan fingerprint density at radius 3 is 2.53 bits per heavy atom. The molecule has 0 saturated carbocycles. The number of alkyl halides is 3. The predicted octanol–water partition coefficient (Wildman–Crippen LogP) is 5.43. The van der Waals surface area contributed by atoms with Gasteiger partial charge in [-0.3, -0.25) is 9.69 Å². The molecule has 0 spiro atoms. The first-order chi connectivity index (χ1) is 20.5. The molecule has 43 heavy (non-hydrogen) atoms. The summed E-state index contributed by atoms with van der Waals surface area (Å²) in [5.74, 6) is 0.113. The first-order valence-corrected chi connectivity index (χ1v) is 14.5. The van der Waals surface area contributed by atoms with E-state index in [1.807, 2.05) is 44.2 Å². The minimum Gasteiger partial charge on any atom is -0.406 e. The van der Waals surface area contributed by atoms with Crippen molar-refractivity contribution < 1.29 is 27.5 Å². The minimum absolute atomic E-state index is 0.0432. The summed E-state index contributed by atoms with van der Waals surface area (Å²) >= 11 is 1.38. The van der Waals surface area contributed by atoms with Gasteiger partial charge in [0.1, 0.15) is 17.9 Å². The molecular weight excluding hydrogens is 581 g/mol. The van der Waals surface area contributed by atoms with Crippen LogP contribution in [0, 0.1) is 6.92 Å². The maximum absolute atomic E-state index is 12.7. The minimum atomic E-state index is -4.76. The molecule has 13 heteroatoms. The molecule has 226 valence electrons. The molecule has 1 unspecified atom stereocenters. The van der Waals surface area contributed by atoms with Crippen LogP contribution >= 0.6 is 11.8 Å². The van der Waals surface area contributed by atoms with Crippen LogP contribution in [-0.4, -0.2) is 48.3 Å². The Hall–Kier alpha value is -4.52. The second-order valence-corrected chi connectivity index (χ2v) is 10.6. The molecule has 3 aromatic carbocycles. The van der Waals surface area contributed by atoms with E-state index < -0.39 is 11.9 Å². The molecule has 1 fully saturated rings. The van der Waals surface area contributed by atoms with Gasteiger partial charge >= 0.3 is 12.4 Å². The lowest BCUT2D eigenvalue weighted by molar-refractivity contribution is -0.274. The number of ether oxygens (including phenoxy) is 1. The maximum atomic E-state index is 12.7. The quantitative estimate of drug-likeness (QED) is 0.208. The fourth-order valence-electron chi connectivity index (χ4n) is 4.28. The molecule has 1 saturated heterocycles. The largest absolute Gasteiger partial charge is 0.573 e. The zero-order valence-corrected chi connectivity index (χ0v) is 24.3. The van der Waals surface area contributed by atoms with Gasteiger partial charge in [0.15, 0.2) is 5.50 Å². The Labute approximate surface area is 251 Å². The van der Waals surface area contributed by atoms with Crippen molar-refractivity contribution in [3.8, 4) is 5.75 Å². The second kappa shape index (κ2) is 14.1. The number of hydrogen-bond acceptors (Lipinski definition) is 5. The van der Waals surface area contributed by atoms with E-state index >= 15 is 0 Å². The van der Waals surface area contributed by atoms with Gasteiger partial charge in [-0.25, -0.2) is 14.8 Å². The van der Waals surface area contributed by atoms with Gasteiger partial charge in [0.2, 0.25) is 5.91 Å². The van der Waals surface area contributed by atoms with Crippen molar-refractivity contribution in [3.63, 3.8) is 0 Å². The van der Waals surface area contributed by atoms with Gasteiger partial charge in [-0.15, -0.1) is 24.9 Å². The lowest BCUT2D eigenvalue weighted by Crippen LogP contribution is -2.49. The number of aryl methyl sites for hydroxylation is 2. The number of urea groups is 1. The Bertz CT molecular complexity index is 1490. The van der Waals surface area contributed by atoms with Crippen LogP contribution in [0.25, 0.3) is 0 Å². The molecule has 0 aromatic heterocycles. The number of rotatable bonds is 10. The molecule has 3 amide bonds. The van der Waals surface area contributed by atoms with Gasteiger partial charge in [0.25, 0.3) is 0 Å². The van der Waals surface area contributed by atoms with Crippen LogP contribution in [0.2, 0.25) is 0 Å². The van der Waals surface area contributed by atoms with Gasteiger partial charge in [-0.05, 0) is 66.8 Å². The van der Waals surface area contributed by atoms with Crippen LogP contribution in [0.15, 0.2) is 76.7 Å². The summed E-state index contributed by atoms with van der Waals surface area (Å²) in [6, 6.07) is 18.0. The van der Waals surface area contributed by atoms with E-state index in [2.05, 4.69) is 25.4 Å². The van der Waals surface area contributed by atoms with E-state index in [4.69, 9.17) is 5.73 Å². The average molecular weight is 613 g/mol. The predicted molar refractivity (Wildman–Crippen MR) is 163 cm³/mol. The highest BCUT2D eigenvalue weighted by atomic mass is 32.2. The SMILES string of the molecule is CCc1ccc(C)cc1N1C(=O)CSC1NC(=O)NCCc1ccc(C(N)=NC=Nc2ccc(OC(F)(F)F)cc2)cc1. The zero-order valence-electron chi connectivity index (χ0n) is 23.5. The molecule has 0 aliphatic carbocycles. The fraction of sp³-hybridized carbons (Fsp3) is 0.267. The van der Waals surface area contributed by atoms with Crippen molar-refractivity contribution in [3.05, 3.63) is 89.0 Å². The van der Waals surface area contributed by atoms with Crippen molar-refractivity contribution in [2.45, 2.75) is 38.5 Å². The molecule has 3 aromatic rings. The molecule has 1 aliphatic rings. The number of carbonyl (C=O) groups excluding carboxylic acids is 2. The normalized spacial score (nSPS) is 15.7. The number of amides is 3. The Balaban J connectivity index is 1.25. The number of amidine groups is 1. The number of thioether (sulfide) groups is 1. The number of anilines is 1. The summed E-state index contributed by atoms with van der Waals surface area (Å²) in [7, 11) is 0. The standard InChI is InChI=1S/C30H31F3N6O3S/c1-3-21-7-4-19(2)16-25(21)39-26(40)17-43-29(39)38-28(41)35-15-14-20-5-8-22(9-6-20)27(34)37-18-36-23-10-12-24(13-11-23)42-30(31,32)33/h4-13,16,18,29H,3,14-15,17H2,1-2H3,(H2,34,36,37)(H2,35,38,41). The highest BCUT2D eigenvalue weighted by Crippen LogP contribution is 2.32. The molecule has 4 N–H and O–H groups in total. The number of carbonyl (C=O) groups is 2. The van der Waals surface area contributed by atoms with E-state index in [1.165, 1.54) is 30.2 Å². The summed E-state index contributed by atoms with van der Waals surface area (Å²) < 4.78 is 40.6. The monoisotopic (exact) mass is 612 g/mol. The lowest BCUT2D eigenvalue weighted by Gasteiger charge is -2.27. The van der Waals surface area contributed by atoms with E-state index in [0.29, 0.717) is 30.0 Å². The summed E-state index contributed by atoms with van der Waals surface area (Å²) in [6.07, 6.45) is -2.21. The van der Waals surface area contributed by atoms with E-state index in [9.17, 15) is 22.8 Å². The first-order valence-electron chi connectivity index (χ1n) is 13.4. The zero-order chi connectivity index (χ0) is 31.0.